The van der Waals surface area contributed by atoms with Gasteiger partial charge >= 0.3 is 0 Å². The first-order valence-corrected chi connectivity index (χ1v) is 8.03. The Hall–Kier alpha value is -1.36. The zero-order valence-electron chi connectivity index (χ0n) is 12.8. The average Bonchev–Trinajstić information content (AvgIpc) is 2.98. The Morgan fingerprint density at radius 3 is 2.62 bits per heavy atom. The van der Waals surface area contributed by atoms with Crippen molar-refractivity contribution in [3.8, 4) is 5.75 Å². The molecule has 0 aliphatic carbocycles. The van der Waals surface area contributed by atoms with Gasteiger partial charge in [0.05, 0.1) is 13.2 Å². The van der Waals surface area contributed by atoms with Crippen molar-refractivity contribution < 1.29 is 9.84 Å². The highest BCUT2D eigenvalue weighted by atomic mass is 32.1. The van der Waals surface area contributed by atoms with Gasteiger partial charge in [0.25, 0.3) is 0 Å². The fourth-order valence-electron chi connectivity index (χ4n) is 2.46. The number of aryl methyl sites for hydroxylation is 2. The van der Waals surface area contributed by atoms with E-state index in [9.17, 15) is 5.11 Å². The van der Waals surface area contributed by atoms with E-state index in [-0.39, 0.29) is 5.92 Å². The van der Waals surface area contributed by atoms with Crippen LogP contribution in [0, 0.1) is 6.92 Å². The molecule has 2 atom stereocenters. The van der Waals surface area contributed by atoms with E-state index in [4.69, 9.17) is 10.5 Å². The summed E-state index contributed by atoms with van der Waals surface area (Å²) in [7, 11) is 1.66. The highest BCUT2D eigenvalue weighted by Gasteiger charge is 2.23. The Morgan fingerprint density at radius 2 is 2.05 bits per heavy atom. The summed E-state index contributed by atoms with van der Waals surface area (Å²) in [6.07, 6.45) is 0.413. The van der Waals surface area contributed by atoms with Crippen molar-refractivity contribution in [2.45, 2.75) is 32.3 Å². The fourth-order valence-corrected chi connectivity index (χ4v) is 3.46. The third-order valence-corrected chi connectivity index (χ3v) is 5.12. The standard InChI is InChI=1S/C17H23NO2S/c1-4-13-7-8-16(21-13)17(19)14(10-18)12-6-5-11(2)15(9-12)20-3/h5-9,14,17,19H,4,10,18H2,1-3H3. The van der Waals surface area contributed by atoms with Crippen LogP contribution in [-0.2, 0) is 6.42 Å². The molecule has 2 aromatic rings. The summed E-state index contributed by atoms with van der Waals surface area (Å²) in [6.45, 7) is 4.52. The lowest BCUT2D eigenvalue weighted by Gasteiger charge is -2.22. The minimum absolute atomic E-state index is 0.122. The van der Waals surface area contributed by atoms with Gasteiger partial charge in [-0.1, -0.05) is 19.1 Å². The van der Waals surface area contributed by atoms with Gasteiger partial charge in [0.15, 0.2) is 0 Å². The first kappa shape index (κ1) is 16.0. The Labute approximate surface area is 130 Å². The molecule has 0 fully saturated rings. The second kappa shape index (κ2) is 7.07. The second-order valence-electron chi connectivity index (χ2n) is 5.17. The van der Waals surface area contributed by atoms with Crippen molar-refractivity contribution >= 4 is 11.3 Å². The maximum atomic E-state index is 10.7. The molecular weight excluding hydrogens is 282 g/mol. The van der Waals surface area contributed by atoms with Crippen LogP contribution < -0.4 is 10.5 Å². The summed E-state index contributed by atoms with van der Waals surface area (Å²) in [5, 5.41) is 10.7. The van der Waals surface area contributed by atoms with Crippen LogP contribution in [0.2, 0.25) is 0 Å². The molecule has 0 spiro atoms. The largest absolute Gasteiger partial charge is 0.496 e. The minimum Gasteiger partial charge on any atom is -0.496 e. The van der Waals surface area contributed by atoms with Crippen LogP contribution in [0.1, 0.15) is 39.8 Å². The van der Waals surface area contributed by atoms with Crippen LogP contribution in [0.3, 0.4) is 0 Å². The summed E-state index contributed by atoms with van der Waals surface area (Å²) in [5.41, 5.74) is 8.01. The highest BCUT2D eigenvalue weighted by molar-refractivity contribution is 7.12. The van der Waals surface area contributed by atoms with E-state index in [0.717, 1.165) is 28.2 Å². The SMILES string of the molecule is CCc1ccc(C(O)C(CN)c2ccc(C)c(OC)c2)s1. The molecule has 1 aromatic carbocycles. The molecule has 0 saturated heterocycles. The molecule has 0 aliphatic rings. The molecule has 3 N–H and O–H groups in total. The van der Waals surface area contributed by atoms with Gasteiger partial charge in [0.1, 0.15) is 5.75 Å². The van der Waals surface area contributed by atoms with E-state index in [2.05, 4.69) is 13.0 Å². The van der Waals surface area contributed by atoms with Gasteiger partial charge < -0.3 is 15.6 Å². The number of benzene rings is 1. The number of aliphatic hydroxyl groups excluding tert-OH is 1. The molecule has 0 aliphatic heterocycles. The molecule has 114 valence electrons. The monoisotopic (exact) mass is 305 g/mol. The van der Waals surface area contributed by atoms with Crippen LogP contribution in [-0.4, -0.2) is 18.8 Å². The molecule has 1 heterocycles. The molecular formula is C17H23NO2S. The van der Waals surface area contributed by atoms with Crippen molar-refractivity contribution in [1.29, 1.82) is 0 Å². The van der Waals surface area contributed by atoms with E-state index >= 15 is 0 Å². The highest BCUT2D eigenvalue weighted by Crippen LogP contribution is 2.35. The molecule has 0 saturated carbocycles. The van der Waals surface area contributed by atoms with Crippen LogP contribution in [0.25, 0.3) is 0 Å². The smallest absolute Gasteiger partial charge is 0.122 e. The number of aliphatic hydroxyl groups is 1. The van der Waals surface area contributed by atoms with Crippen LogP contribution in [0.15, 0.2) is 30.3 Å². The third-order valence-electron chi connectivity index (χ3n) is 3.82. The summed E-state index contributed by atoms with van der Waals surface area (Å²) in [5.74, 6) is 0.710. The summed E-state index contributed by atoms with van der Waals surface area (Å²) < 4.78 is 5.37. The van der Waals surface area contributed by atoms with Crippen LogP contribution >= 0.6 is 11.3 Å². The number of methoxy groups -OCH3 is 1. The Kier molecular flexibility index (Phi) is 5.39. The number of nitrogens with two attached hydrogens (primary N) is 1. The van der Waals surface area contributed by atoms with Crippen LogP contribution in [0.5, 0.6) is 5.75 Å². The van der Waals surface area contributed by atoms with Crippen molar-refractivity contribution in [3.63, 3.8) is 0 Å². The van der Waals surface area contributed by atoms with Crippen LogP contribution in [0.4, 0.5) is 0 Å². The summed E-state index contributed by atoms with van der Waals surface area (Å²) in [4.78, 5) is 2.25. The zero-order valence-corrected chi connectivity index (χ0v) is 13.6. The minimum atomic E-state index is -0.576. The van der Waals surface area contributed by atoms with Crippen molar-refractivity contribution in [2.75, 3.05) is 13.7 Å². The predicted molar refractivity (Wildman–Crippen MR) is 88.2 cm³/mol. The number of thiophene rings is 1. The third kappa shape index (κ3) is 3.46. The van der Waals surface area contributed by atoms with Gasteiger partial charge in [0, 0.05) is 22.2 Å². The molecule has 3 nitrogen and oxygen atoms in total. The lowest BCUT2D eigenvalue weighted by atomic mass is 9.91. The predicted octanol–water partition coefficient (Wildman–Crippen LogP) is 3.40. The number of hydrogen-bond acceptors (Lipinski definition) is 4. The topological polar surface area (TPSA) is 55.5 Å². The van der Waals surface area contributed by atoms with E-state index in [1.807, 2.05) is 31.2 Å². The van der Waals surface area contributed by atoms with E-state index in [0.29, 0.717) is 6.54 Å². The zero-order chi connectivity index (χ0) is 15.4. The number of hydrogen-bond donors (Lipinski definition) is 2. The number of ether oxygens (including phenoxy) is 1. The Bertz CT molecular complexity index is 594. The maximum absolute atomic E-state index is 10.7. The number of rotatable bonds is 6. The quantitative estimate of drug-likeness (QED) is 0.860. The molecule has 0 bridgehead atoms. The molecule has 2 unspecified atom stereocenters. The first-order valence-electron chi connectivity index (χ1n) is 7.22. The summed E-state index contributed by atoms with van der Waals surface area (Å²) in [6, 6.07) is 10.1. The molecule has 4 heteroatoms. The fraction of sp³-hybridized carbons (Fsp3) is 0.412. The van der Waals surface area contributed by atoms with Gasteiger partial charge in [-0.3, -0.25) is 0 Å². The van der Waals surface area contributed by atoms with Crippen molar-refractivity contribution in [3.05, 3.63) is 51.2 Å². The Balaban J connectivity index is 2.30. The van der Waals surface area contributed by atoms with E-state index in [1.165, 1.54) is 4.88 Å². The van der Waals surface area contributed by atoms with Gasteiger partial charge in [0.2, 0.25) is 0 Å². The average molecular weight is 305 g/mol. The van der Waals surface area contributed by atoms with E-state index < -0.39 is 6.10 Å². The Morgan fingerprint density at radius 1 is 1.29 bits per heavy atom. The second-order valence-corrected chi connectivity index (χ2v) is 6.37. The van der Waals surface area contributed by atoms with E-state index in [1.54, 1.807) is 18.4 Å². The summed E-state index contributed by atoms with van der Waals surface area (Å²) >= 11 is 1.66. The van der Waals surface area contributed by atoms with Crippen molar-refractivity contribution in [1.82, 2.24) is 0 Å². The molecule has 21 heavy (non-hydrogen) atoms. The lowest BCUT2D eigenvalue weighted by molar-refractivity contribution is 0.151. The molecule has 0 amide bonds. The molecule has 0 radical (unpaired) electrons. The normalized spacial score (nSPS) is 14.0. The molecule has 1 aromatic heterocycles. The maximum Gasteiger partial charge on any atom is 0.122 e. The first-order chi connectivity index (χ1) is 10.1. The van der Waals surface area contributed by atoms with Gasteiger partial charge in [-0.15, -0.1) is 11.3 Å². The van der Waals surface area contributed by atoms with Gasteiger partial charge in [-0.25, -0.2) is 0 Å². The van der Waals surface area contributed by atoms with Gasteiger partial charge in [-0.2, -0.15) is 0 Å². The van der Waals surface area contributed by atoms with Gasteiger partial charge in [-0.05, 0) is 42.7 Å². The molecule has 2 rings (SSSR count). The van der Waals surface area contributed by atoms with Crippen molar-refractivity contribution in [2.24, 2.45) is 5.73 Å². The lowest BCUT2D eigenvalue weighted by Crippen LogP contribution is -2.19.